The summed E-state index contributed by atoms with van der Waals surface area (Å²) in [5.41, 5.74) is 0.882. The van der Waals surface area contributed by atoms with Crippen LogP contribution in [0.5, 0.6) is 11.5 Å². The van der Waals surface area contributed by atoms with Crippen molar-refractivity contribution < 1.29 is 23.5 Å². The van der Waals surface area contributed by atoms with E-state index in [0.717, 1.165) is 5.56 Å². The fourth-order valence-corrected chi connectivity index (χ4v) is 3.08. The minimum Gasteiger partial charge on any atom is -0.497 e. The van der Waals surface area contributed by atoms with Gasteiger partial charge in [0.25, 0.3) is 5.91 Å². The quantitative estimate of drug-likeness (QED) is 0.756. The zero-order valence-corrected chi connectivity index (χ0v) is 15.7. The van der Waals surface area contributed by atoms with Crippen LogP contribution >= 0.6 is 0 Å². The Labute approximate surface area is 163 Å². The molecule has 1 saturated heterocycles. The molecule has 1 aliphatic heterocycles. The van der Waals surface area contributed by atoms with Crippen LogP contribution in [-0.2, 0) is 16.1 Å². The molecule has 0 bridgehead atoms. The number of methoxy groups -OCH3 is 1. The number of amides is 2. The van der Waals surface area contributed by atoms with Gasteiger partial charge in [-0.25, -0.2) is 4.39 Å². The molecular formula is C21H23FN2O4. The Balaban J connectivity index is 1.40. The van der Waals surface area contributed by atoms with Crippen LogP contribution in [0.25, 0.3) is 0 Å². The molecule has 2 aromatic carbocycles. The van der Waals surface area contributed by atoms with E-state index < -0.39 is 0 Å². The summed E-state index contributed by atoms with van der Waals surface area (Å²) in [7, 11) is 1.58. The van der Waals surface area contributed by atoms with Gasteiger partial charge in [0.2, 0.25) is 5.91 Å². The summed E-state index contributed by atoms with van der Waals surface area (Å²) in [5, 5.41) is 2.81. The van der Waals surface area contributed by atoms with E-state index in [1.807, 2.05) is 0 Å². The maximum atomic E-state index is 13.0. The molecule has 0 radical (unpaired) electrons. The number of rotatable bonds is 8. The third-order valence-corrected chi connectivity index (χ3v) is 4.60. The second kappa shape index (κ2) is 9.21. The minimum atomic E-state index is -0.297. The van der Waals surface area contributed by atoms with Crippen molar-refractivity contribution in [2.75, 3.05) is 26.8 Å². The number of halogens is 1. The van der Waals surface area contributed by atoms with Gasteiger partial charge >= 0.3 is 0 Å². The Morgan fingerprint density at radius 1 is 1.14 bits per heavy atom. The van der Waals surface area contributed by atoms with Crippen LogP contribution in [0.15, 0.2) is 48.5 Å². The molecule has 0 saturated carbocycles. The second-order valence-corrected chi connectivity index (χ2v) is 6.74. The van der Waals surface area contributed by atoms with Crippen molar-refractivity contribution in [3.8, 4) is 11.5 Å². The number of ether oxygens (including phenoxy) is 2. The van der Waals surface area contributed by atoms with Crippen LogP contribution in [0.3, 0.4) is 0 Å². The van der Waals surface area contributed by atoms with Crippen molar-refractivity contribution >= 4 is 11.8 Å². The lowest BCUT2D eigenvalue weighted by molar-refractivity contribution is -0.128. The van der Waals surface area contributed by atoms with E-state index in [2.05, 4.69) is 5.32 Å². The molecule has 0 aromatic heterocycles. The van der Waals surface area contributed by atoms with Gasteiger partial charge in [-0.15, -0.1) is 0 Å². The summed E-state index contributed by atoms with van der Waals surface area (Å²) in [6.45, 7) is 1.34. The van der Waals surface area contributed by atoms with E-state index in [0.29, 0.717) is 37.6 Å². The average Bonchev–Trinajstić information content (AvgIpc) is 3.06. The largest absolute Gasteiger partial charge is 0.497 e. The smallest absolute Gasteiger partial charge is 0.257 e. The van der Waals surface area contributed by atoms with E-state index in [-0.39, 0.29) is 30.2 Å². The van der Waals surface area contributed by atoms with Crippen molar-refractivity contribution in [2.45, 2.75) is 13.0 Å². The van der Waals surface area contributed by atoms with Crippen molar-refractivity contribution in [2.24, 2.45) is 5.92 Å². The summed E-state index contributed by atoms with van der Waals surface area (Å²) in [4.78, 5) is 25.9. The first-order chi connectivity index (χ1) is 13.5. The molecule has 1 unspecified atom stereocenters. The molecule has 2 amide bonds. The van der Waals surface area contributed by atoms with E-state index in [1.54, 1.807) is 48.4 Å². The first-order valence-corrected chi connectivity index (χ1v) is 9.09. The first-order valence-electron chi connectivity index (χ1n) is 9.09. The fourth-order valence-electron chi connectivity index (χ4n) is 3.08. The molecule has 1 atom stereocenters. The first kappa shape index (κ1) is 19.7. The molecule has 148 valence electrons. The highest BCUT2D eigenvalue weighted by Gasteiger charge is 2.29. The number of nitrogens with one attached hydrogen (secondary N) is 1. The molecule has 1 aliphatic rings. The van der Waals surface area contributed by atoms with E-state index >= 15 is 0 Å². The molecule has 0 spiro atoms. The predicted octanol–water partition coefficient (Wildman–Crippen LogP) is 2.38. The van der Waals surface area contributed by atoms with Gasteiger partial charge in [-0.3, -0.25) is 9.59 Å². The van der Waals surface area contributed by atoms with E-state index in [1.165, 1.54) is 12.1 Å². The highest BCUT2D eigenvalue weighted by atomic mass is 19.1. The van der Waals surface area contributed by atoms with Gasteiger partial charge in [0.15, 0.2) is 6.61 Å². The SMILES string of the molecule is COc1ccc(OCC(=O)NCC2CC(=O)N(Cc3ccc(F)cc3)C2)cc1. The number of likely N-dealkylation sites (tertiary alicyclic amines) is 1. The topological polar surface area (TPSA) is 67.9 Å². The van der Waals surface area contributed by atoms with Crippen LogP contribution in [0, 0.1) is 11.7 Å². The Bertz CT molecular complexity index is 808. The zero-order chi connectivity index (χ0) is 19.9. The third kappa shape index (κ3) is 5.45. The number of hydrogen-bond donors (Lipinski definition) is 1. The average molecular weight is 386 g/mol. The summed E-state index contributed by atoms with van der Waals surface area (Å²) in [6, 6.07) is 13.1. The van der Waals surface area contributed by atoms with Crippen LogP contribution < -0.4 is 14.8 Å². The summed E-state index contributed by atoms with van der Waals surface area (Å²) in [5.74, 6) is 0.857. The van der Waals surface area contributed by atoms with Crippen LogP contribution in [0.2, 0.25) is 0 Å². The number of carbonyl (C=O) groups excluding carboxylic acids is 2. The molecule has 28 heavy (non-hydrogen) atoms. The standard InChI is InChI=1S/C21H23FN2O4/c1-27-18-6-8-19(9-7-18)28-14-20(25)23-11-16-10-21(26)24(13-16)12-15-2-4-17(22)5-3-15/h2-9,16H,10-14H2,1H3,(H,23,25). The molecular weight excluding hydrogens is 363 g/mol. The van der Waals surface area contributed by atoms with Gasteiger partial charge in [0.05, 0.1) is 7.11 Å². The number of hydrogen-bond acceptors (Lipinski definition) is 4. The minimum absolute atomic E-state index is 0.0399. The molecule has 6 nitrogen and oxygen atoms in total. The Kier molecular flexibility index (Phi) is 6.47. The highest BCUT2D eigenvalue weighted by Crippen LogP contribution is 2.20. The lowest BCUT2D eigenvalue weighted by atomic mass is 10.1. The molecule has 2 aromatic rings. The number of carbonyl (C=O) groups is 2. The van der Waals surface area contributed by atoms with Gasteiger partial charge in [-0.2, -0.15) is 0 Å². The number of benzene rings is 2. The Morgan fingerprint density at radius 3 is 2.50 bits per heavy atom. The molecule has 7 heteroatoms. The zero-order valence-electron chi connectivity index (χ0n) is 15.7. The Hall–Kier alpha value is -3.09. The molecule has 1 N–H and O–H groups in total. The highest BCUT2D eigenvalue weighted by molar-refractivity contribution is 5.79. The predicted molar refractivity (Wildman–Crippen MR) is 101 cm³/mol. The van der Waals surface area contributed by atoms with Gasteiger partial charge in [0.1, 0.15) is 17.3 Å². The molecule has 3 rings (SSSR count). The molecule has 1 fully saturated rings. The second-order valence-electron chi connectivity index (χ2n) is 6.74. The summed E-state index contributed by atoms with van der Waals surface area (Å²) in [6.07, 6.45) is 0.390. The van der Waals surface area contributed by atoms with Crippen LogP contribution in [0.1, 0.15) is 12.0 Å². The van der Waals surface area contributed by atoms with Crippen molar-refractivity contribution in [1.29, 1.82) is 0 Å². The van der Waals surface area contributed by atoms with Crippen molar-refractivity contribution in [3.05, 3.63) is 59.9 Å². The van der Waals surface area contributed by atoms with E-state index in [4.69, 9.17) is 9.47 Å². The van der Waals surface area contributed by atoms with Gasteiger partial charge in [-0.05, 0) is 42.0 Å². The lowest BCUT2D eigenvalue weighted by Gasteiger charge is -2.17. The van der Waals surface area contributed by atoms with Gasteiger partial charge < -0.3 is 19.7 Å². The normalized spacial score (nSPS) is 16.1. The third-order valence-electron chi connectivity index (χ3n) is 4.60. The van der Waals surface area contributed by atoms with Gasteiger partial charge in [0, 0.05) is 32.0 Å². The maximum absolute atomic E-state index is 13.0. The lowest BCUT2D eigenvalue weighted by Crippen LogP contribution is -2.34. The monoisotopic (exact) mass is 386 g/mol. The fraction of sp³-hybridized carbons (Fsp3) is 0.333. The number of nitrogens with zero attached hydrogens (tertiary/aromatic N) is 1. The van der Waals surface area contributed by atoms with Crippen LogP contribution in [-0.4, -0.2) is 43.5 Å². The van der Waals surface area contributed by atoms with Crippen LogP contribution in [0.4, 0.5) is 4.39 Å². The summed E-state index contributed by atoms with van der Waals surface area (Å²) < 4.78 is 23.5. The molecule has 1 heterocycles. The van der Waals surface area contributed by atoms with E-state index in [9.17, 15) is 14.0 Å². The van der Waals surface area contributed by atoms with Crippen molar-refractivity contribution in [1.82, 2.24) is 10.2 Å². The molecule has 0 aliphatic carbocycles. The van der Waals surface area contributed by atoms with Gasteiger partial charge in [-0.1, -0.05) is 12.1 Å². The summed E-state index contributed by atoms with van der Waals surface area (Å²) >= 11 is 0. The van der Waals surface area contributed by atoms with Crippen molar-refractivity contribution in [3.63, 3.8) is 0 Å². The maximum Gasteiger partial charge on any atom is 0.257 e. The Morgan fingerprint density at radius 2 is 1.82 bits per heavy atom.